The molecule has 1 aliphatic carbocycles. The zero-order valence-corrected chi connectivity index (χ0v) is 10.3. The lowest BCUT2D eigenvalue weighted by molar-refractivity contribution is 0.397. The molecule has 1 N–H and O–H groups in total. The van der Waals surface area contributed by atoms with Gasteiger partial charge in [-0.15, -0.1) is 0 Å². The monoisotopic (exact) mass is 241 g/mol. The lowest BCUT2D eigenvalue weighted by Crippen LogP contribution is -2.28. The highest BCUT2D eigenvalue weighted by atomic mass is 16.5. The van der Waals surface area contributed by atoms with Crippen molar-refractivity contribution < 1.29 is 4.74 Å². The molecule has 92 valence electrons. The number of hydrogen-bond donors (Lipinski definition) is 1. The Morgan fingerprint density at radius 2 is 1.89 bits per heavy atom. The van der Waals surface area contributed by atoms with E-state index in [1.54, 1.807) is 13.3 Å². The first kappa shape index (κ1) is 10.3. The maximum absolute atomic E-state index is 5.14. The molecule has 0 unspecified atom stereocenters. The molecule has 1 aromatic heterocycles. The maximum Gasteiger partial charge on any atom is 0.232 e. The topological polar surface area (TPSA) is 47.0 Å². The fraction of sp³-hybridized carbons (Fsp3) is 0.429. The number of piperidine rings is 1. The summed E-state index contributed by atoms with van der Waals surface area (Å²) in [6, 6.07) is 4.42. The second-order valence-corrected chi connectivity index (χ2v) is 5.17. The Bertz CT molecular complexity index is 626. The van der Waals surface area contributed by atoms with E-state index in [9.17, 15) is 0 Å². The number of rotatable bonds is 1. The van der Waals surface area contributed by atoms with Gasteiger partial charge in [-0.3, -0.25) is 0 Å². The van der Waals surface area contributed by atoms with Crippen molar-refractivity contribution in [1.82, 2.24) is 15.3 Å². The number of aromatic nitrogens is 2. The van der Waals surface area contributed by atoms with Crippen LogP contribution in [0, 0.1) is 0 Å². The van der Waals surface area contributed by atoms with E-state index in [2.05, 4.69) is 27.4 Å². The van der Waals surface area contributed by atoms with E-state index in [-0.39, 0.29) is 0 Å². The molecular formula is C14H15N3O. The van der Waals surface area contributed by atoms with Crippen LogP contribution >= 0.6 is 0 Å². The third-order valence-corrected chi connectivity index (χ3v) is 4.16. The van der Waals surface area contributed by atoms with Gasteiger partial charge in [-0.05, 0) is 41.5 Å². The van der Waals surface area contributed by atoms with Gasteiger partial charge >= 0.3 is 0 Å². The van der Waals surface area contributed by atoms with Gasteiger partial charge in [-0.25, -0.2) is 9.97 Å². The summed E-state index contributed by atoms with van der Waals surface area (Å²) < 4.78 is 5.14. The van der Waals surface area contributed by atoms with Crippen LogP contribution in [0.15, 0.2) is 18.3 Å². The van der Waals surface area contributed by atoms with Crippen molar-refractivity contribution >= 4 is 11.0 Å². The fourth-order valence-electron chi connectivity index (χ4n) is 3.30. The van der Waals surface area contributed by atoms with Crippen LogP contribution in [-0.2, 0) is 0 Å². The van der Waals surface area contributed by atoms with E-state index in [1.807, 2.05) is 0 Å². The van der Waals surface area contributed by atoms with Gasteiger partial charge in [0.15, 0.2) is 0 Å². The Morgan fingerprint density at radius 1 is 1.17 bits per heavy atom. The van der Waals surface area contributed by atoms with Crippen molar-refractivity contribution in [2.75, 3.05) is 20.2 Å². The molecule has 2 heterocycles. The van der Waals surface area contributed by atoms with Gasteiger partial charge in [0.25, 0.3) is 0 Å². The minimum absolute atomic E-state index is 0.585. The van der Waals surface area contributed by atoms with E-state index < -0.39 is 0 Å². The molecule has 2 aromatic rings. The zero-order chi connectivity index (χ0) is 12.1. The lowest BCUT2D eigenvalue weighted by atomic mass is 9.98. The van der Waals surface area contributed by atoms with Crippen LogP contribution in [0.1, 0.15) is 29.4 Å². The summed E-state index contributed by atoms with van der Waals surface area (Å²) in [6.45, 7) is 2.19. The molecule has 1 fully saturated rings. The summed E-state index contributed by atoms with van der Waals surface area (Å²) >= 11 is 0. The third kappa shape index (κ3) is 1.35. The molecule has 0 radical (unpaired) electrons. The van der Waals surface area contributed by atoms with Crippen molar-refractivity contribution in [3.63, 3.8) is 0 Å². The van der Waals surface area contributed by atoms with Crippen molar-refractivity contribution in [3.8, 4) is 5.88 Å². The molecule has 2 atom stereocenters. The highest BCUT2D eigenvalue weighted by Gasteiger charge is 2.34. The number of ether oxygens (including phenoxy) is 1. The van der Waals surface area contributed by atoms with Crippen LogP contribution in [0.3, 0.4) is 0 Å². The Morgan fingerprint density at radius 3 is 2.61 bits per heavy atom. The molecular weight excluding hydrogens is 226 g/mol. The van der Waals surface area contributed by atoms with Crippen LogP contribution in [0.4, 0.5) is 0 Å². The molecule has 2 bridgehead atoms. The number of fused-ring (bicyclic) bond motifs is 6. The Balaban J connectivity index is 1.94. The lowest BCUT2D eigenvalue weighted by Gasteiger charge is -2.19. The summed E-state index contributed by atoms with van der Waals surface area (Å²) in [5.74, 6) is 1.89. The van der Waals surface area contributed by atoms with Crippen molar-refractivity contribution in [3.05, 3.63) is 29.5 Å². The first-order valence-electron chi connectivity index (χ1n) is 6.40. The number of hydrogen-bond acceptors (Lipinski definition) is 4. The Labute approximate surface area is 105 Å². The summed E-state index contributed by atoms with van der Waals surface area (Å²) in [5, 5.41) is 3.51. The van der Waals surface area contributed by atoms with Gasteiger partial charge in [0.05, 0.1) is 24.3 Å². The Kier molecular flexibility index (Phi) is 2.08. The first-order valence-corrected chi connectivity index (χ1v) is 6.40. The van der Waals surface area contributed by atoms with Gasteiger partial charge in [0, 0.05) is 13.1 Å². The van der Waals surface area contributed by atoms with Gasteiger partial charge in [-0.1, -0.05) is 0 Å². The minimum Gasteiger partial charge on any atom is -0.480 e. The van der Waals surface area contributed by atoms with Crippen LogP contribution in [-0.4, -0.2) is 30.2 Å². The maximum atomic E-state index is 5.14. The van der Waals surface area contributed by atoms with Gasteiger partial charge in [0.2, 0.25) is 5.88 Å². The molecule has 4 rings (SSSR count). The fourth-order valence-corrected chi connectivity index (χ4v) is 3.30. The second kappa shape index (κ2) is 3.65. The molecule has 4 nitrogen and oxygen atoms in total. The Hall–Kier alpha value is -1.68. The highest BCUT2D eigenvalue weighted by Crippen LogP contribution is 2.44. The van der Waals surface area contributed by atoms with E-state index in [0.29, 0.717) is 17.7 Å². The summed E-state index contributed by atoms with van der Waals surface area (Å²) in [6.07, 6.45) is 2.96. The molecule has 1 aromatic carbocycles. The molecule has 1 aliphatic heterocycles. The minimum atomic E-state index is 0.585. The van der Waals surface area contributed by atoms with E-state index in [1.165, 1.54) is 17.5 Å². The van der Waals surface area contributed by atoms with Gasteiger partial charge < -0.3 is 10.1 Å². The zero-order valence-electron chi connectivity index (χ0n) is 10.3. The number of nitrogens with one attached hydrogen (secondary N) is 1. The molecule has 1 saturated heterocycles. The third-order valence-electron chi connectivity index (χ3n) is 4.16. The van der Waals surface area contributed by atoms with Crippen LogP contribution in [0.25, 0.3) is 11.0 Å². The highest BCUT2D eigenvalue weighted by molar-refractivity contribution is 5.77. The average molecular weight is 241 g/mol. The number of methoxy groups -OCH3 is 1. The van der Waals surface area contributed by atoms with Crippen LogP contribution in [0.5, 0.6) is 5.88 Å². The van der Waals surface area contributed by atoms with E-state index in [0.717, 1.165) is 24.1 Å². The molecule has 18 heavy (non-hydrogen) atoms. The quantitative estimate of drug-likeness (QED) is 0.827. The molecule has 4 heteroatoms. The number of benzene rings is 1. The van der Waals surface area contributed by atoms with Crippen LogP contribution in [0.2, 0.25) is 0 Å². The summed E-state index contributed by atoms with van der Waals surface area (Å²) in [4.78, 5) is 8.92. The van der Waals surface area contributed by atoms with Gasteiger partial charge in [0.1, 0.15) is 0 Å². The summed E-state index contributed by atoms with van der Waals surface area (Å²) in [7, 11) is 1.63. The molecule has 0 spiro atoms. The van der Waals surface area contributed by atoms with Gasteiger partial charge in [-0.2, -0.15) is 0 Å². The predicted octanol–water partition coefficient (Wildman–Crippen LogP) is 1.81. The second-order valence-electron chi connectivity index (χ2n) is 5.17. The number of nitrogens with zero attached hydrogens (tertiary/aromatic N) is 2. The van der Waals surface area contributed by atoms with E-state index >= 15 is 0 Å². The SMILES string of the molecule is COc1cnc2cc3c(cc2n1)[C@@H]1CNC[C@H]3C1. The molecule has 0 amide bonds. The van der Waals surface area contributed by atoms with Crippen molar-refractivity contribution in [1.29, 1.82) is 0 Å². The predicted molar refractivity (Wildman–Crippen MR) is 69.1 cm³/mol. The normalized spacial score (nSPS) is 25.2. The standard InChI is InChI=1S/C14H15N3O/c1-18-14-7-16-12-3-10-8-2-9(6-15-5-8)11(10)4-13(12)17-14/h3-4,7-9,15H,2,5-6H2,1H3/t8-,9+/m1/s1. The molecule has 2 aliphatic rings. The van der Waals surface area contributed by atoms with Crippen LogP contribution < -0.4 is 10.1 Å². The summed E-state index contributed by atoms with van der Waals surface area (Å²) in [5.41, 5.74) is 4.85. The molecule has 0 saturated carbocycles. The average Bonchev–Trinajstić information content (AvgIpc) is 2.67. The van der Waals surface area contributed by atoms with Crippen molar-refractivity contribution in [2.45, 2.75) is 18.3 Å². The largest absolute Gasteiger partial charge is 0.480 e. The van der Waals surface area contributed by atoms with Crippen molar-refractivity contribution in [2.24, 2.45) is 0 Å². The first-order chi connectivity index (χ1) is 8.85. The smallest absolute Gasteiger partial charge is 0.232 e. The van der Waals surface area contributed by atoms with E-state index in [4.69, 9.17) is 4.74 Å².